The Kier molecular flexibility index (Phi) is 5.20. The summed E-state index contributed by atoms with van der Waals surface area (Å²) < 4.78 is 7.34. The van der Waals surface area contributed by atoms with Crippen molar-refractivity contribution in [2.24, 2.45) is 5.10 Å². The number of thiazole rings is 1. The Bertz CT molecular complexity index is 1200. The number of hydrazone groups is 1. The van der Waals surface area contributed by atoms with Gasteiger partial charge in [0.2, 0.25) is 5.13 Å². The van der Waals surface area contributed by atoms with E-state index in [-0.39, 0.29) is 0 Å². The van der Waals surface area contributed by atoms with Gasteiger partial charge in [-0.3, -0.25) is 5.43 Å². The second-order valence-electron chi connectivity index (χ2n) is 5.58. The Morgan fingerprint density at radius 3 is 2.67 bits per heavy atom. The molecule has 0 fully saturated rings. The highest BCUT2D eigenvalue weighted by Gasteiger charge is 2.11. The molecule has 5 nitrogen and oxygen atoms in total. The van der Waals surface area contributed by atoms with Gasteiger partial charge in [0.05, 0.1) is 16.7 Å². The maximum atomic E-state index is 12.3. The molecule has 0 unspecified atom stereocenters. The van der Waals surface area contributed by atoms with Crippen molar-refractivity contribution in [1.29, 1.82) is 0 Å². The van der Waals surface area contributed by atoms with Crippen molar-refractivity contribution in [2.75, 3.05) is 5.43 Å². The SMILES string of the molecule is O=c1oc2ccc(Br)cc2cc1-c1cnc(N/N=C\c2ccc(Br)cc2)s1. The van der Waals surface area contributed by atoms with E-state index in [2.05, 4.69) is 47.4 Å². The fourth-order valence-corrected chi connectivity index (χ4v) is 3.84. The van der Waals surface area contributed by atoms with E-state index in [1.165, 1.54) is 11.3 Å². The maximum Gasteiger partial charge on any atom is 0.345 e. The molecule has 0 spiro atoms. The molecule has 0 bridgehead atoms. The molecule has 0 aliphatic heterocycles. The number of benzene rings is 2. The lowest BCUT2D eigenvalue weighted by atomic mass is 10.2. The minimum absolute atomic E-state index is 0.390. The van der Waals surface area contributed by atoms with E-state index in [4.69, 9.17) is 4.42 Å². The van der Waals surface area contributed by atoms with Gasteiger partial charge < -0.3 is 4.42 Å². The van der Waals surface area contributed by atoms with Crippen LogP contribution in [0.2, 0.25) is 0 Å². The van der Waals surface area contributed by atoms with Crippen molar-refractivity contribution in [1.82, 2.24) is 4.98 Å². The highest BCUT2D eigenvalue weighted by atomic mass is 79.9. The quantitative estimate of drug-likeness (QED) is 0.214. The maximum absolute atomic E-state index is 12.3. The minimum atomic E-state index is -0.390. The average Bonchev–Trinajstić information content (AvgIpc) is 3.12. The first-order valence-corrected chi connectivity index (χ1v) is 10.2. The summed E-state index contributed by atoms with van der Waals surface area (Å²) in [5.41, 5.74) is 4.48. The molecule has 134 valence electrons. The van der Waals surface area contributed by atoms with E-state index in [9.17, 15) is 4.79 Å². The highest BCUT2D eigenvalue weighted by Crippen LogP contribution is 2.29. The summed E-state index contributed by atoms with van der Waals surface area (Å²) in [7, 11) is 0. The number of anilines is 1. The number of halogens is 2. The molecule has 0 aliphatic carbocycles. The Labute approximate surface area is 175 Å². The summed E-state index contributed by atoms with van der Waals surface area (Å²) in [6, 6.07) is 15.1. The van der Waals surface area contributed by atoms with E-state index in [1.807, 2.05) is 42.5 Å². The van der Waals surface area contributed by atoms with Gasteiger partial charge in [-0.2, -0.15) is 5.10 Å². The largest absolute Gasteiger partial charge is 0.422 e. The van der Waals surface area contributed by atoms with Crippen LogP contribution in [0.1, 0.15) is 5.56 Å². The molecule has 4 rings (SSSR count). The summed E-state index contributed by atoms with van der Waals surface area (Å²) in [6.07, 6.45) is 3.34. The van der Waals surface area contributed by atoms with Crippen LogP contribution in [0.3, 0.4) is 0 Å². The Morgan fingerprint density at radius 1 is 1.07 bits per heavy atom. The van der Waals surface area contributed by atoms with Crippen LogP contribution in [-0.4, -0.2) is 11.2 Å². The number of fused-ring (bicyclic) bond motifs is 1. The Hall–Kier alpha value is -2.29. The van der Waals surface area contributed by atoms with Gasteiger partial charge in [-0.25, -0.2) is 9.78 Å². The predicted molar refractivity (Wildman–Crippen MR) is 117 cm³/mol. The standard InChI is InChI=1S/C19H11Br2N3O2S/c20-13-3-1-11(2-4-13)9-23-24-19-22-10-17(27-19)15-8-12-7-14(21)5-6-16(12)26-18(15)25/h1-10H,(H,22,24)/b23-9-. The monoisotopic (exact) mass is 503 g/mol. The molecule has 2 aromatic carbocycles. The van der Waals surface area contributed by atoms with Crippen LogP contribution in [0.5, 0.6) is 0 Å². The molecule has 27 heavy (non-hydrogen) atoms. The van der Waals surface area contributed by atoms with Crippen LogP contribution >= 0.6 is 43.2 Å². The van der Waals surface area contributed by atoms with Gasteiger partial charge in [-0.15, -0.1) is 0 Å². The van der Waals surface area contributed by atoms with Crippen molar-refractivity contribution in [2.45, 2.75) is 0 Å². The van der Waals surface area contributed by atoms with Crippen LogP contribution in [0.15, 0.2) is 78.0 Å². The third-order valence-electron chi connectivity index (χ3n) is 3.71. The Morgan fingerprint density at radius 2 is 1.85 bits per heavy atom. The molecule has 4 aromatic rings. The van der Waals surface area contributed by atoms with Gasteiger partial charge in [-0.1, -0.05) is 55.3 Å². The third-order valence-corrected chi connectivity index (χ3v) is 5.67. The fourth-order valence-electron chi connectivity index (χ4n) is 2.43. The Balaban J connectivity index is 1.57. The molecule has 2 heterocycles. The molecule has 0 saturated heterocycles. The summed E-state index contributed by atoms with van der Waals surface area (Å²) in [6.45, 7) is 0. The number of hydrogen-bond donors (Lipinski definition) is 1. The fraction of sp³-hybridized carbons (Fsp3) is 0. The van der Waals surface area contributed by atoms with Crippen LogP contribution < -0.4 is 11.1 Å². The zero-order valence-electron chi connectivity index (χ0n) is 13.6. The lowest BCUT2D eigenvalue weighted by Crippen LogP contribution is -2.01. The molecule has 0 amide bonds. The van der Waals surface area contributed by atoms with Crippen LogP contribution in [0, 0.1) is 0 Å². The lowest BCUT2D eigenvalue weighted by molar-refractivity contribution is 0.563. The van der Waals surface area contributed by atoms with Crippen molar-refractivity contribution >= 4 is 65.5 Å². The molecule has 0 saturated carbocycles. The smallest absolute Gasteiger partial charge is 0.345 e. The number of nitrogens with zero attached hydrogens (tertiary/aromatic N) is 2. The van der Waals surface area contributed by atoms with Gasteiger partial charge in [0.15, 0.2) is 0 Å². The summed E-state index contributed by atoms with van der Waals surface area (Å²) in [5, 5.41) is 5.61. The molecule has 0 aliphatic rings. The second-order valence-corrected chi connectivity index (χ2v) is 8.44. The van der Waals surface area contributed by atoms with Crippen LogP contribution in [0.4, 0.5) is 5.13 Å². The number of nitrogens with one attached hydrogen (secondary N) is 1. The molecule has 8 heteroatoms. The van der Waals surface area contributed by atoms with E-state index in [1.54, 1.807) is 18.5 Å². The summed E-state index contributed by atoms with van der Waals surface area (Å²) in [4.78, 5) is 17.3. The van der Waals surface area contributed by atoms with E-state index >= 15 is 0 Å². The first-order valence-electron chi connectivity index (χ1n) is 7.83. The van der Waals surface area contributed by atoms with Gasteiger partial charge in [0.1, 0.15) is 5.58 Å². The van der Waals surface area contributed by atoms with Gasteiger partial charge in [0.25, 0.3) is 0 Å². The third kappa shape index (κ3) is 4.18. The number of rotatable bonds is 4. The summed E-state index contributed by atoms with van der Waals surface area (Å²) in [5.74, 6) is 0. The molecule has 1 N–H and O–H groups in total. The topological polar surface area (TPSA) is 67.5 Å². The minimum Gasteiger partial charge on any atom is -0.422 e. The number of aromatic nitrogens is 1. The predicted octanol–water partition coefficient (Wildman–Crippen LogP) is 5.89. The van der Waals surface area contributed by atoms with Crippen molar-refractivity contribution in [3.05, 3.63) is 79.7 Å². The normalized spacial score (nSPS) is 11.3. The highest BCUT2D eigenvalue weighted by molar-refractivity contribution is 9.10. The molecular weight excluding hydrogens is 494 g/mol. The first kappa shape index (κ1) is 18.1. The van der Waals surface area contributed by atoms with E-state index < -0.39 is 5.63 Å². The molecule has 0 atom stereocenters. The zero-order valence-corrected chi connectivity index (χ0v) is 17.6. The van der Waals surface area contributed by atoms with Gasteiger partial charge in [0, 0.05) is 20.5 Å². The molecule has 2 aromatic heterocycles. The zero-order chi connectivity index (χ0) is 18.8. The number of hydrogen-bond acceptors (Lipinski definition) is 6. The average molecular weight is 505 g/mol. The van der Waals surface area contributed by atoms with E-state index in [0.29, 0.717) is 21.2 Å². The lowest BCUT2D eigenvalue weighted by Gasteiger charge is -2.00. The van der Waals surface area contributed by atoms with Crippen LogP contribution in [-0.2, 0) is 0 Å². The van der Waals surface area contributed by atoms with Crippen molar-refractivity contribution < 1.29 is 4.42 Å². The summed E-state index contributed by atoms with van der Waals surface area (Å²) >= 11 is 8.16. The van der Waals surface area contributed by atoms with Crippen molar-refractivity contribution in [3.8, 4) is 10.4 Å². The van der Waals surface area contributed by atoms with Gasteiger partial charge in [-0.05, 0) is 42.0 Å². The molecular formula is C19H11Br2N3O2S. The van der Waals surface area contributed by atoms with Crippen LogP contribution in [0.25, 0.3) is 21.4 Å². The molecule has 0 radical (unpaired) electrons. The van der Waals surface area contributed by atoms with Gasteiger partial charge >= 0.3 is 5.63 Å². The second kappa shape index (κ2) is 7.75. The van der Waals surface area contributed by atoms with Crippen molar-refractivity contribution in [3.63, 3.8) is 0 Å². The van der Waals surface area contributed by atoms with E-state index in [0.717, 1.165) is 19.9 Å². The first-order chi connectivity index (χ1) is 13.1.